The van der Waals surface area contributed by atoms with Gasteiger partial charge in [0.1, 0.15) is 0 Å². The number of hydrogen-bond donors (Lipinski definition) is 2. The maximum atomic E-state index is 12.3. The molecule has 1 saturated heterocycles. The number of rotatable bonds is 2. The van der Waals surface area contributed by atoms with Gasteiger partial charge >= 0.3 is 0 Å². The average Bonchev–Trinajstić information content (AvgIpc) is 2.90. The molecule has 3 rings (SSSR count). The zero-order valence-corrected chi connectivity index (χ0v) is 12.0. The van der Waals surface area contributed by atoms with Gasteiger partial charge in [-0.05, 0) is 37.6 Å². The normalized spacial score (nSPS) is 24.5. The lowest BCUT2D eigenvalue weighted by atomic mass is 9.95. The van der Waals surface area contributed by atoms with Gasteiger partial charge < -0.3 is 20.1 Å². The molecule has 1 amide bonds. The van der Waals surface area contributed by atoms with Crippen molar-refractivity contribution in [3.05, 3.63) is 22.7 Å². The number of benzene rings is 1. The van der Waals surface area contributed by atoms with E-state index in [9.17, 15) is 4.79 Å². The van der Waals surface area contributed by atoms with Crippen LogP contribution in [0.4, 0.5) is 0 Å². The minimum Gasteiger partial charge on any atom is -0.454 e. The summed E-state index contributed by atoms with van der Waals surface area (Å²) in [6, 6.07) is 3.48. The van der Waals surface area contributed by atoms with Gasteiger partial charge in [0, 0.05) is 11.6 Å². The molecule has 0 spiro atoms. The van der Waals surface area contributed by atoms with Gasteiger partial charge in [-0.3, -0.25) is 4.79 Å². The van der Waals surface area contributed by atoms with Crippen LogP contribution in [0, 0.1) is 5.92 Å². The summed E-state index contributed by atoms with van der Waals surface area (Å²) < 4.78 is 10.5. The topological polar surface area (TPSA) is 59.6 Å². The van der Waals surface area contributed by atoms with Gasteiger partial charge in [-0.2, -0.15) is 0 Å². The molecular formula is C14H17ClN2O3. The highest BCUT2D eigenvalue weighted by Gasteiger charge is 2.25. The van der Waals surface area contributed by atoms with Gasteiger partial charge in [0.25, 0.3) is 5.91 Å². The van der Waals surface area contributed by atoms with Crippen LogP contribution in [-0.2, 0) is 0 Å². The Bertz CT molecular complexity index is 535. The summed E-state index contributed by atoms with van der Waals surface area (Å²) in [5.74, 6) is 1.33. The summed E-state index contributed by atoms with van der Waals surface area (Å²) >= 11 is 6.10. The molecule has 1 aromatic rings. The number of amides is 1. The van der Waals surface area contributed by atoms with E-state index in [0.29, 0.717) is 28.0 Å². The summed E-state index contributed by atoms with van der Waals surface area (Å²) in [7, 11) is 0. The van der Waals surface area contributed by atoms with E-state index in [4.69, 9.17) is 21.1 Å². The maximum Gasteiger partial charge on any atom is 0.251 e. The van der Waals surface area contributed by atoms with E-state index in [1.165, 1.54) is 0 Å². The summed E-state index contributed by atoms with van der Waals surface area (Å²) in [6.07, 6.45) is 0.936. The number of halogens is 1. The number of piperidine rings is 1. The molecular weight excluding hydrogens is 280 g/mol. The molecule has 2 aliphatic rings. The Kier molecular flexibility index (Phi) is 3.72. The number of nitrogens with one attached hydrogen (secondary N) is 2. The van der Waals surface area contributed by atoms with Crippen LogP contribution in [0.5, 0.6) is 11.5 Å². The molecule has 0 aromatic heterocycles. The standard InChI is InChI=1S/C14H17ClN2O3/c1-8-6-16-3-2-11(8)17-14(18)9-4-10(15)13-12(5-9)19-7-20-13/h4-5,8,11,16H,2-3,6-7H2,1H3,(H,17,18). The zero-order chi connectivity index (χ0) is 14.1. The predicted molar refractivity (Wildman–Crippen MR) is 75.5 cm³/mol. The van der Waals surface area contributed by atoms with Crippen molar-refractivity contribution in [2.45, 2.75) is 19.4 Å². The van der Waals surface area contributed by atoms with Gasteiger partial charge in [-0.1, -0.05) is 18.5 Å². The number of fused-ring (bicyclic) bond motifs is 1. The van der Waals surface area contributed by atoms with Crippen molar-refractivity contribution in [2.24, 2.45) is 5.92 Å². The number of hydrogen-bond acceptors (Lipinski definition) is 4. The van der Waals surface area contributed by atoms with E-state index in [1.807, 2.05) is 0 Å². The van der Waals surface area contributed by atoms with Gasteiger partial charge in [-0.15, -0.1) is 0 Å². The molecule has 2 aliphatic heterocycles. The third-order valence-electron chi connectivity index (χ3n) is 3.79. The second-order valence-electron chi connectivity index (χ2n) is 5.24. The fourth-order valence-electron chi connectivity index (χ4n) is 2.58. The summed E-state index contributed by atoms with van der Waals surface area (Å²) in [6.45, 7) is 4.12. The summed E-state index contributed by atoms with van der Waals surface area (Å²) in [4.78, 5) is 12.3. The van der Waals surface area contributed by atoms with Gasteiger partial charge in [0.15, 0.2) is 11.5 Å². The molecule has 1 fully saturated rings. The Morgan fingerprint density at radius 1 is 1.45 bits per heavy atom. The molecule has 0 radical (unpaired) electrons. The van der Waals surface area contributed by atoms with Crippen LogP contribution >= 0.6 is 11.6 Å². The maximum absolute atomic E-state index is 12.3. The fraction of sp³-hybridized carbons (Fsp3) is 0.500. The second-order valence-corrected chi connectivity index (χ2v) is 5.65. The zero-order valence-electron chi connectivity index (χ0n) is 11.2. The highest BCUT2D eigenvalue weighted by atomic mass is 35.5. The van der Waals surface area contributed by atoms with Crippen molar-refractivity contribution < 1.29 is 14.3 Å². The molecule has 2 unspecified atom stereocenters. The Hall–Kier alpha value is -1.46. The molecule has 108 valence electrons. The average molecular weight is 297 g/mol. The lowest BCUT2D eigenvalue weighted by molar-refractivity contribution is 0.0914. The van der Waals surface area contributed by atoms with E-state index in [0.717, 1.165) is 19.5 Å². The van der Waals surface area contributed by atoms with Gasteiger partial charge in [-0.25, -0.2) is 0 Å². The van der Waals surface area contributed by atoms with Gasteiger partial charge in [0.2, 0.25) is 6.79 Å². The van der Waals surface area contributed by atoms with Crippen LogP contribution < -0.4 is 20.1 Å². The Labute approximate surface area is 122 Å². The van der Waals surface area contributed by atoms with Crippen LogP contribution in [0.1, 0.15) is 23.7 Å². The summed E-state index contributed by atoms with van der Waals surface area (Å²) in [5.41, 5.74) is 0.505. The first-order valence-electron chi connectivity index (χ1n) is 6.76. The highest BCUT2D eigenvalue weighted by molar-refractivity contribution is 6.32. The van der Waals surface area contributed by atoms with E-state index < -0.39 is 0 Å². The molecule has 2 heterocycles. The molecule has 20 heavy (non-hydrogen) atoms. The van der Waals surface area contributed by atoms with Crippen LogP contribution in [0.3, 0.4) is 0 Å². The van der Waals surface area contributed by atoms with E-state index in [1.54, 1.807) is 12.1 Å². The lowest BCUT2D eigenvalue weighted by Crippen LogP contribution is -2.48. The molecule has 1 aromatic carbocycles. The predicted octanol–water partition coefficient (Wildman–Crippen LogP) is 1.80. The molecule has 0 saturated carbocycles. The molecule has 6 heteroatoms. The molecule has 5 nitrogen and oxygen atoms in total. The Morgan fingerprint density at radius 2 is 2.30 bits per heavy atom. The van der Waals surface area contributed by atoms with Crippen molar-refractivity contribution in [2.75, 3.05) is 19.9 Å². The van der Waals surface area contributed by atoms with E-state index in [2.05, 4.69) is 17.6 Å². The van der Waals surface area contributed by atoms with Gasteiger partial charge in [0.05, 0.1) is 5.02 Å². The minimum atomic E-state index is -0.121. The number of carbonyl (C=O) groups excluding carboxylic acids is 1. The molecule has 0 bridgehead atoms. The number of carbonyl (C=O) groups is 1. The van der Waals surface area contributed by atoms with Crippen molar-refractivity contribution in [3.8, 4) is 11.5 Å². The third-order valence-corrected chi connectivity index (χ3v) is 4.07. The van der Waals surface area contributed by atoms with Crippen LogP contribution in [-0.4, -0.2) is 31.8 Å². The first kappa shape index (κ1) is 13.5. The molecule has 0 aliphatic carbocycles. The summed E-state index contributed by atoms with van der Waals surface area (Å²) in [5, 5.41) is 6.79. The van der Waals surface area contributed by atoms with Crippen molar-refractivity contribution in [1.82, 2.24) is 10.6 Å². The third kappa shape index (κ3) is 2.55. The van der Waals surface area contributed by atoms with E-state index in [-0.39, 0.29) is 18.7 Å². The van der Waals surface area contributed by atoms with Crippen molar-refractivity contribution >= 4 is 17.5 Å². The highest BCUT2D eigenvalue weighted by Crippen LogP contribution is 2.39. The monoisotopic (exact) mass is 296 g/mol. The first-order valence-corrected chi connectivity index (χ1v) is 7.13. The van der Waals surface area contributed by atoms with Crippen molar-refractivity contribution in [3.63, 3.8) is 0 Å². The van der Waals surface area contributed by atoms with Crippen LogP contribution in [0.25, 0.3) is 0 Å². The first-order chi connectivity index (χ1) is 9.65. The SMILES string of the molecule is CC1CNCCC1NC(=O)c1cc(Cl)c2c(c1)OCO2. The fourth-order valence-corrected chi connectivity index (χ4v) is 2.84. The Balaban J connectivity index is 1.75. The molecule has 2 atom stereocenters. The smallest absolute Gasteiger partial charge is 0.251 e. The second kappa shape index (κ2) is 5.50. The quantitative estimate of drug-likeness (QED) is 0.874. The molecule has 2 N–H and O–H groups in total. The van der Waals surface area contributed by atoms with Crippen LogP contribution in [0.2, 0.25) is 5.02 Å². The Morgan fingerprint density at radius 3 is 3.10 bits per heavy atom. The minimum absolute atomic E-state index is 0.121. The largest absolute Gasteiger partial charge is 0.454 e. The van der Waals surface area contributed by atoms with Crippen molar-refractivity contribution in [1.29, 1.82) is 0 Å². The van der Waals surface area contributed by atoms with E-state index >= 15 is 0 Å². The van der Waals surface area contributed by atoms with Crippen LogP contribution in [0.15, 0.2) is 12.1 Å². The number of ether oxygens (including phenoxy) is 2. The lowest BCUT2D eigenvalue weighted by Gasteiger charge is -2.30.